The van der Waals surface area contributed by atoms with E-state index in [1.807, 2.05) is 55.5 Å². The van der Waals surface area contributed by atoms with Crippen LogP contribution in [0.2, 0.25) is 0 Å². The Labute approximate surface area is 103 Å². The number of hydrogen-bond acceptors (Lipinski definition) is 1. The summed E-state index contributed by atoms with van der Waals surface area (Å²) in [5, 5.41) is 9.15. The SMILES string of the molecule is C\C=C/C=C\C=C(C)\C=C\c1ccc(O)cc1. The van der Waals surface area contributed by atoms with Gasteiger partial charge in [-0.25, -0.2) is 0 Å². The number of phenolic OH excluding ortho intramolecular Hbond substituents is 1. The third kappa shape index (κ3) is 5.57. The van der Waals surface area contributed by atoms with Crippen molar-refractivity contribution in [3.05, 3.63) is 71.9 Å². The third-order valence-corrected chi connectivity index (χ3v) is 2.21. The van der Waals surface area contributed by atoms with Crippen LogP contribution in [0.4, 0.5) is 0 Å². The molecule has 0 aliphatic carbocycles. The maximum absolute atomic E-state index is 9.15. The summed E-state index contributed by atoms with van der Waals surface area (Å²) < 4.78 is 0. The number of rotatable bonds is 4. The van der Waals surface area contributed by atoms with E-state index >= 15 is 0 Å². The maximum Gasteiger partial charge on any atom is 0.115 e. The largest absolute Gasteiger partial charge is 0.508 e. The second-order valence-corrected chi connectivity index (χ2v) is 3.75. The fourth-order valence-electron chi connectivity index (χ4n) is 1.25. The zero-order valence-electron chi connectivity index (χ0n) is 10.3. The first-order valence-electron chi connectivity index (χ1n) is 5.66. The van der Waals surface area contributed by atoms with Crippen LogP contribution in [0, 0.1) is 0 Å². The topological polar surface area (TPSA) is 20.2 Å². The molecule has 1 rings (SSSR count). The van der Waals surface area contributed by atoms with Gasteiger partial charge in [0, 0.05) is 0 Å². The molecule has 0 bridgehead atoms. The third-order valence-electron chi connectivity index (χ3n) is 2.21. The van der Waals surface area contributed by atoms with Crippen LogP contribution in [0.3, 0.4) is 0 Å². The smallest absolute Gasteiger partial charge is 0.115 e. The fraction of sp³-hybridized carbons (Fsp3) is 0.125. The number of hydrogen-bond donors (Lipinski definition) is 1. The lowest BCUT2D eigenvalue weighted by atomic mass is 10.1. The van der Waals surface area contributed by atoms with E-state index in [-0.39, 0.29) is 0 Å². The van der Waals surface area contributed by atoms with Gasteiger partial charge in [0.05, 0.1) is 0 Å². The van der Waals surface area contributed by atoms with E-state index in [2.05, 4.69) is 13.0 Å². The van der Waals surface area contributed by atoms with Crippen LogP contribution in [0.5, 0.6) is 5.75 Å². The molecular weight excluding hydrogens is 208 g/mol. The van der Waals surface area contributed by atoms with Crippen LogP contribution in [0.25, 0.3) is 6.08 Å². The summed E-state index contributed by atoms with van der Waals surface area (Å²) in [5.74, 6) is 0.295. The van der Waals surface area contributed by atoms with Crippen LogP contribution in [-0.4, -0.2) is 5.11 Å². The monoisotopic (exact) mass is 226 g/mol. The van der Waals surface area contributed by atoms with E-state index in [1.165, 1.54) is 5.57 Å². The van der Waals surface area contributed by atoms with Gasteiger partial charge >= 0.3 is 0 Å². The number of benzene rings is 1. The van der Waals surface area contributed by atoms with Gasteiger partial charge in [0.15, 0.2) is 0 Å². The lowest BCUT2D eigenvalue weighted by molar-refractivity contribution is 0.475. The molecule has 1 aromatic carbocycles. The fourth-order valence-corrected chi connectivity index (χ4v) is 1.25. The van der Waals surface area contributed by atoms with Gasteiger partial charge < -0.3 is 5.11 Å². The van der Waals surface area contributed by atoms with E-state index in [9.17, 15) is 0 Å². The molecule has 0 radical (unpaired) electrons. The second-order valence-electron chi connectivity index (χ2n) is 3.75. The molecule has 88 valence electrons. The van der Waals surface area contributed by atoms with Crippen molar-refractivity contribution in [2.45, 2.75) is 13.8 Å². The van der Waals surface area contributed by atoms with Crippen LogP contribution in [0.1, 0.15) is 19.4 Å². The molecule has 0 unspecified atom stereocenters. The van der Waals surface area contributed by atoms with E-state index in [0.29, 0.717) is 5.75 Å². The number of phenols is 1. The molecule has 1 N–H and O–H groups in total. The van der Waals surface area contributed by atoms with Crippen molar-refractivity contribution in [1.82, 2.24) is 0 Å². The lowest BCUT2D eigenvalue weighted by Crippen LogP contribution is -1.71. The summed E-state index contributed by atoms with van der Waals surface area (Å²) in [7, 11) is 0. The van der Waals surface area contributed by atoms with E-state index in [1.54, 1.807) is 12.1 Å². The van der Waals surface area contributed by atoms with Gasteiger partial charge in [-0.15, -0.1) is 0 Å². The van der Waals surface area contributed by atoms with Crippen molar-refractivity contribution in [2.75, 3.05) is 0 Å². The minimum absolute atomic E-state index is 0.295. The quantitative estimate of drug-likeness (QED) is 0.750. The molecule has 0 spiro atoms. The minimum Gasteiger partial charge on any atom is -0.508 e. The lowest BCUT2D eigenvalue weighted by Gasteiger charge is -1.94. The van der Waals surface area contributed by atoms with Gasteiger partial charge in [-0.2, -0.15) is 0 Å². The first kappa shape index (κ1) is 13.0. The summed E-state index contributed by atoms with van der Waals surface area (Å²) >= 11 is 0. The molecular formula is C16H18O. The predicted octanol–water partition coefficient (Wildman–Crippen LogP) is 4.48. The average molecular weight is 226 g/mol. The summed E-state index contributed by atoms with van der Waals surface area (Å²) in [4.78, 5) is 0. The predicted molar refractivity (Wildman–Crippen MR) is 74.9 cm³/mol. The Hall–Kier alpha value is -2.02. The second kappa shape index (κ2) is 7.29. The molecule has 0 aliphatic heterocycles. The van der Waals surface area contributed by atoms with Crippen molar-refractivity contribution in [3.63, 3.8) is 0 Å². The molecule has 1 aromatic rings. The van der Waals surface area contributed by atoms with Crippen LogP contribution in [-0.2, 0) is 0 Å². The molecule has 1 heteroatoms. The van der Waals surface area contributed by atoms with Gasteiger partial charge in [-0.05, 0) is 31.5 Å². The Kier molecular flexibility index (Phi) is 5.59. The molecule has 0 saturated heterocycles. The van der Waals surface area contributed by atoms with Crippen molar-refractivity contribution in [1.29, 1.82) is 0 Å². The highest BCUT2D eigenvalue weighted by Crippen LogP contribution is 2.11. The Balaban J connectivity index is 2.61. The first-order chi connectivity index (χ1) is 8.22. The standard InChI is InChI=1S/C16H18O/c1-3-4-5-6-7-14(2)8-9-15-10-12-16(17)13-11-15/h3-13,17H,1-2H3/b4-3-,6-5-,9-8+,14-7+. The Morgan fingerprint density at radius 2 is 1.76 bits per heavy atom. The van der Waals surface area contributed by atoms with E-state index < -0.39 is 0 Å². The zero-order chi connectivity index (χ0) is 12.5. The highest BCUT2D eigenvalue weighted by molar-refractivity contribution is 5.53. The van der Waals surface area contributed by atoms with Gasteiger partial charge in [-0.3, -0.25) is 0 Å². The minimum atomic E-state index is 0.295. The van der Waals surface area contributed by atoms with E-state index in [0.717, 1.165) is 5.56 Å². The zero-order valence-corrected chi connectivity index (χ0v) is 10.3. The molecule has 0 aromatic heterocycles. The molecule has 0 atom stereocenters. The molecule has 0 saturated carbocycles. The Bertz CT molecular complexity index is 445. The van der Waals surface area contributed by atoms with Gasteiger partial charge in [0.2, 0.25) is 0 Å². The molecule has 0 amide bonds. The number of allylic oxidation sites excluding steroid dienone is 7. The van der Waals surface area contributed by atoms with Crippen molar-refractivity contribution in [3.8, 4) is 5.75 Å². The average Bonchev–Trinajstić information content (AvgIpc) is 2.34. The van der Waals surface area contributed by atoms with Crippen LogP contribution < -0.4 is 0 Å². The summed E-state index contributed by atoms with van der Waals surface area (Å²) in [6.07, 6.45) is 14.1. The highest BCUT2D eigenvalue weighted by atomic mass is 16.3. The maximum atomic E-state index is 9.15. The van der Waals surface area contributed by atoms with Gasteiger partial charge in [-0.1, -0.05) is 60.2 Å². The molecule has 17 heavy (non-hydrogen) atoms. The van der Waals surface area contributed by atoms with E-state index in [4.69, 9.17) is 5.11 Å². The van der Waals surface area contributed by atoms with Crippen molar-refractivity contribution < 1.29 is 5.11 Å². The van der Waals surface area contributed by atoms with Crippen molar-refractivity contribution >= 4 is 6.08 Å². The molecule has 0 fully saturated rings. The van der Waals surface area contributed by atoms with Gasteiger partial charge in [0.1, 0.15) is 5.75 Å². The Morgan fingerprint density at radius 3 is 2.41 bits per heavy atom. The summed E-state index contributed by atoms with van der Waals surface area (Å²) in [5.41, 5.74) is 2.26. The van der Waals surface area contributed by atoms with Crippen molar-refractivity contribution in [2.24, 2.45) is 0 Å². The molecule has 0 aliphatic rings. The van der Waals surface area contributed by atoms with Gasteiger partial charge in [0.25, 0.3) is 0 Å². The summed E-state index contributed by atoms with van der Waals surface area (Å²) in [6, 6.07) is 7.14. The highest BCUT2D eigenvalue weighted by Gasteiger charge is 1.87. The number of aromatic hydroxyl groups is 1. The van der Waals surface area contributed by atoms with Crippen LogP contribution >= 0.6 is 0 Å². The molecule has 0 heterocycles. The Morgan fingerprint density at radius 1 is 1.06 bits per heavy atom. The summed E-state index contributed by atoms with van der Waals surface area (Å²) in [6.45, 7) is 4.04. The normalized spacial score (nSPS) is 13.2. The van der Waals surface area contributed by atoms with Crippen LogP contribution in [0.15, 0.2) is 66.3 Å². The molecule has 1 nitrogen and oxygen atoms in total. The first-order valence-corrected chi connectivity index (χ1v) is 5.66.